The number of carbonyl (C=O) groups excluding carboxylic acids is 1. The van der Waals surface area contributed by atoms with Crippen LogP contribution in [0.15, 0.2) is 22.6 Å². The number of carbonyl (C=O) groups is 2. The van der Waals surface area contributed by atoms with Crippen LogP contribution in [0.2, 0.25) is 0 Å². The molecule has 2 rings (SSSR count). The number of carboxylic acid groups (broad SMARTS) is 1. The van der Waals surface area contributed by atoms with Crippen LogP contribution in [0.25, 0.3) is 11.1 Å². The predicted octanol–water partition coefficient (Wildman–Crippen LogP) is 2.76. The van der Waals surface area contributed by atoms with E-state index in [1.54, 1.807) is 32.0 Å². The average molecular weight is 304 g/mol. The lowest BCUT2D eigenvalue weighted by atomic mass is 9.82. The number of amides is 1. The quantitative estimate of drug-likeness (QED) is 0.856. The summed E-state index contributed by atoms with van der Waals surface area (Å²) < 4.78 is 5.46. The third-order valence-electron chi connectivity index (χ3n) is 4.13. The van der Waals surface area contributed by atoms with E-state index >= 15 is 0 Å². The van der Waals surface area contributed by atoms with Gasteiger partial charge in [-0.1, -0.05) is 13.8 Å². The second-order valence-electron chi connectivity index (χ2n) is 5.42. The number of hydrogen-bond donors (Lipinski definition) is 2. The number of pyridine rings is 1. The van der Waals surface area contributed by atoms with E-state index in [1.807, 2.05) is 6.92 Å². The maximum absolute atomic E-state index is 12.2. The number of hydrogen-bond acceptors (Lipinski definition) is 4. The van der Waals surface area contributed by atoms with Crippen molar-refractivity contribution in [2.75, 3.05) is 6.54 Å². The number of aliphatic carboxylic acids is 1. The monoisotopic (exact) mass is 304 g/mol. The fraction of sp³-hybridized carbons (Fsp3) is 0.438. The first-order chi connectivity index (χ1) is 10.4. The first kappa shape index (κ1) is 16.0. The van der Waals surface area contributed by atoms with E-state index in [0.29, 0.717) is 23.9 Å². The number of nitrogens with zero attached hydrogens (tertiary/aromatic N) is 1. The highest BCUT2D eigenvalue weighted by molar-refractivity contribution is 5.95. The molecule has 0 atom stereocenters. The van der Waals surface area contributed by atoms with Gasteiger partial charge in [0.2, 0.25) is 0 Å². The minimum absolute atomic E-state index is 0.0671. The molecule has 6 heteroatoms. The van der Waals surface area contributed by atoms with E-state index in [0.717, 1.165) is 5.69 Å². The molecule has 2 N–H and O–H groups in total. The van der Waals surface area contributed by atoms with Crippen LogP contribution in [0.3, 0.4) is 0 Å². The van der Waals surface area contributed by atoms with Crippen molar-refractivity contribution in [2.45, 2.75) is 33.6 Å². The van der Waals surface area contributed by atoms with Gasteiger partial charge in [-0.05, 0) is 31.9 Å². The summed E-state index contributed by atoms with van der Waals surface area (Å²) in [5, 5.41) is 12.0. The minimum Gasteiger partial charge on any atom is -0.481 e. The van der Waals surface area contributed by atoms with Gasteiger partial charge in [-0.15, -0.1) is 0 Å². The Morgan fingerprint density at radius 3 is 2.59 bits per heavy atom. The Hall–Kier alpha value is -2.37. The fourth-order valence-corrected chi connectivity index (χ4v) is 2.35. The van der Waals surface area contributed by atoms with Crippen LogP contribution in [0, 0.1) is 12.3 Å². The summed E-state index contributed by atoms with van der Waals surface area (Å²) in [7, 11) is 0. The summed E-state index contributed by atoms with van der Waals surface area (Å²) in [6.45, 7) is 5.53. The van der Waals surface area contributed by atoms with Crippen LogP contribution in [-0.2, 0) is 4.79 Å². The highest BCUT2D eigenvalue weighted by atomic mass is 16.4. The molecule has 0 saturated carbocycles. The first-order valence-corrected chi connectivity index (χ1v) is 7.30. The summed E-state index contributed by atoms with van der Waals surface area (Å²) in [4.78, 5) is 27.9. The summed E-state index contributed by atoms with van der Waals surface area (Å²) in [6, 6.07) is 5.13. The highest BCUT2D eigenvalue weighted by Gasteiger charge is 2.35. The maximum Gasteiger partial charge on any atom is 0.311 e. The van der Waals surface area contributed by atoms with Gasteiger partial charge in [0, 0.05) is 18.3 Å². The molecule has 0 unspecified atom stereocenters. The zero-order valence-corrected chi connectivity index (χ0v) is 13.0. The first-order valence-electron chi connectivity index (χ1n) is 7.30. The van der Waals surface area contributed by atoms with Gasteiger partial charge in [-0.3, -0.25) is 9.59 Å². The van der Waals surface area contributed by atoms with Crippen molar-refractivity contribution >= 4 is 23.0 Å². The highest BCUT2D eigenvalue weighted by Crippen LogP contribution is 2.26. The number of nitrogens with one attached hydrogen (secondary N) is 1. The lowest BCUT2D eigenvalue weighted by Crippen LogP contribution is -2.42. The SMILES string of the molecule is CCC(CC)(CNC(=O)c1cc2nc(C)ccc2o1)C(=O)O. The molecular weight excluding hydrogens is 284 g/mol. The Morgan fingerprint density at radius 1 is 1.32 bits per heavy atom. The van der Waals surface area contributed by atoms with Gasteiger partial charge in [0.1, 0.15) is 5.52 Å². The predicted molar refractivity (Wildman–Crippen MR) is 81.7 cm³/mol. The number of aromatic nitrogens is 1. The Labute approximate surface area is 128 Å². The number of fused-ring (bicyclic) bond motifs is 1. The van der Waals surface area contributed by atoms with Crippen LogP contribution in [0.1, 0.15) is 42.9 Å². The molecule has 0 fully saturated rings. The van der Waals surface area contributed by atoms with E-state index in [2.05, 4.69) is 10.3 Å². The van der Waals surface area contributed by atoms with Gasteiger partial charge < -0.3 is 14.8 Å². The zero-order chi connectivity index (χ0) is 16.3. The summed E-state index contributed by atoms with van der Waals surface area (Å²) in [6.07, 6.45) is 0.889. The molecule has 2 aromatic rings. The Kier molecular flexibility index (Phi) is 4.49. The van der Waals surface area contributed by atoms with E-state index < -0.39 is 17.3 Å². The smallest absolute Gasteiger partial charge is 0.311 e. The molecule has 1 amide bonds. The number of furan rings is 1. The largest absolute Gasteiger partial charge is 0.481 e. The molecule has 0 aromatic carbocycles. The minimum atomic E-state index is -0.948. The van der Waals surface area contributed by atoms with Crippen molar-refractivity contribution in [2.24, 2.45) is 5.41 Å². The van der Waals surface area contributed by atoms with Gasteiger partial charge >= 0.3 is 5.97 Å². The maximum atomic E-state index is 12.2. The summed E-state index contributed by atoms with van der Waals surface area (Å²) in [5.41, 5.74) is 1.03. The third kappa shape index (κ3) is 2.95. The van der Waals surface area contributed by atoms with Crippen molar-refractivity contribution in [3.63, 3.8) is 0 Å². The van der Waals surface area contributed by atoms with Crippen molar-refractivity contribution in [1.29, 1.82) is 0 Å². The molecule has 0 aliphatic carbocycles. The summed E-state index contributed by atoms with van der Waals surface area (Å²) >= 11 is 0. The van der Waals surface area contributed by atoms with Crippen molar-refractivity contribution in [3.05, 3.63) is 29.7 Å². The molecule has 0 bridgehead atoms. The average Bonchev–Trinajstić information content (AvgIpc) is 2.91. The lowest BCUT2D eigenvalue weighted by molar-refractivity contribution is -0.149. The van der Waals surface area contributed by atoms with E-state index in [4.69, 9.17) is 4.42 Å². The molecule has 2 aromatic heterocycles. The van der Waals surface area contributed by atoms with Crippen LogP contribution in [0.5, 0.6) is 0 Å². The van der Waals surface area contributed by atoms with Crippen LogP contribution < -0.4 is 5.32 Å². The Balaban J connectivity index is 2.15. The third-order valence-corrected chi connectivity index (χ3v) is 4.13. The lowest BCUT2D eigenvalue weighted by Gasteiger charge is -2.26. The molecule has 0 saturated heterocycles. The van der Waals surface area contributed by atoms with Crippen molar-refractivity contribution in [3.8, 4) is 0 Å². The zero-order valence-electron chi connectivity index (χ0n) is 13.0. The van der Waals surface area contributed by atoms with E-state index in [9.17, 15) is 14.7 Å². The second kappa shape index (κ2) is 6.17. The number of carboxylic acids is 1. The topological polar surface area (TPSA) is 92.4 Å². The van der Waals surface area contributed by atoms with Gasteiger partial charge in [0.15, 0.2) is 11.3 Å². The fourth-order valence-electron chi connectivity index (χ4n) is 2.35. The second-order valence-corrected chi connectivity index (χ2v) is 5.42. The number of rotatable bonds is 6. The van der Waals surface area contributed by atoms with E-state index in [-0.39, 0.29) is 12.3 Å². The van der Waals surface area contributed by atoms with E-state index in [1.165, 1.54) is 0 Å². The van der Waals surface area contributed by atoms with Crippen LogP contribution in [0.4, 0.5) is 0 Å². The molecular formula is C16H20N2O4. The molecule has 0 spiro atoms. The normalized spacial score (nSPS) is 11.6. The van der Waals surface area contributed by atoms with Crippen LogP contribution >= 0.6 is 0 Å². The molecule has 0 aliphatic rings. The Bertz CT molecular complexity index is 701. The molecule has 6 nitrogen and oxygen atoms in total. The molecule has 2 heterocycles. The van der Waals surface area contributed by atoms with Crippen molar-refractivity contribution in [1.82, 2.24) is 10.3 Å². The van der Waals surface area contributed by atoms with Gasteiger partial charge in [0.05, 0.1) is 5.41 Å². The van der Waals surface area contributed by atoms with Crippen molar-refractivity contribution < 1.29 is 19.1 Å². The van der Waals surface area contributed by atoms with Crippen LogP contribution in [-0.4, -0.2) is 28.5 Å². The molecule has 0 radical (unpaired) electrons. The van der Waals surface area contributed by atoms with Gasteiger partial charge in [-0.2, -0.15) is 0 Å². The Morgan fingerprint density at radius 2 is 2.00 bits per heavy atom. The molecule has 118 valence electrons. The summed E-state index contributed by atoms with van der Waals surface area (Å²) in [5.74, 6) is -1.19. The standard InChI is InChI=1S/C16H20N2O4/c1-4-16(5-2,15(20)21)9-17-14(19)13-8-11-12(22-13)7-6-10(3)18-11/h6-8H,4-5,9H2,1-3H3,(H,17,19)(H,20,21). The number of aryl methyl sites for hydroxylation is 1. The molecule has 22 heavy (non-hydrogen) atoms. The molecule has 0 aliphatic heterocycles. The van der Waals surface area contributed by atoms with Gasteiger partial charge in [0.25, 0.3) is 5.91 Å². The van der Waals surface area contributed by atoms with Gasteiger partial charge in [-0.25, -0.2) is 4.98 Å².